The number of aliphatic hydroxyl groups excluding tert-OH is 1. The molecule has 2 aromatic heterocycles. The van der Waals surface area contributed by atoms with Gasteiger partial charge < -0.3 is 15.7 Å². The number of hydrogen-bond acceptors (Lipinski definition) is 7. The molecule has 35 heavy (non-hydrogen) atoms. The summed E-state index contributed by atoms with van der Waals surface area (Å²) in [5, 5.41) is 16.8. The van der Waals surface area contributed by atoms with Crippen LogP contribution in [0, 0.1) is 0 Å². The van der Waals surface area contributed by atoms with Crippen LogP contribution in [0.5, 0.6) is 0 Å². The Morgan fingerprint density at radius 1 is 1.00 bits per heavy atom. The number of nitrogens with one attached hydrogen (secondary N) is 2. The van der Waals surface area contributed by atoms with Gasteiger partial charge in [0.1, 0.15) is 5.82 Å². The van der Waals surface area contributed by atoms with E-state index in [4.69, 9.17) is 9.97 Å². The fourth-order valence-electron chi connectivity index (χ4n) is 4.42. The largest absolute Gasteiger partial charge is 0.393 e. The van der Waals surface area contributed by atoms with Crippen molar-refractivity contribution in [1.82, 2.24) is 19.9 Å². The highest BCUT2D eigenvalue weighted by molar-refractivity contribution is 9.10. The van der Waals surface area contributed by atoms with Gasteiger partial charge in [0.05, 0.1) is 17.4 Å². The van der Waals surface area contributed by atoms with E-state index in [9.17, 15) is 5.11 Å². The second-order valence-electron chi connectivity index (χ2n) is 9.16. The summed E-state index contributed by atoms with van der Waals surface area (Å²) in [4.78, 5) is 16.6. The maximum atomic E-state index is 9.91. The lowest BCUT2D eigenvalue weighted by atomic mass is 9.93. The fraction of sp³-hybridized carbons (Fsp3) is 0.444. The molecule has 0 bridgehead atoms. The van der Waals surface area contributed by atoms with Gasteiger partial charge in [-0.15, -0.1) is 0 Å². The molecule has 1 aromatic carbocycles. The van der Waals surface area contributed by atoms with Crippen molar-refractivity contribution >= 4 is 33.4 Å². The lowest BCUT2D eigenvalue weighted by Gasteiger charge is -2.27. The Balaban J connectivity index is 1.57. The molecule has 4 rings (SSSR count). The van der Waals surface area contributed by atoms with Gasteiger partial charge in [-0.25, -0.2) is 4.98 Å². The van der Waals surface area contributed by atoms with E-state index in [0.29, 0.717) is 5.95 Å². The molecule has 0 amide bonds. The summed E-state index contributed by atoms with van der Waals surface area (Å²) in [5.41, 5.74) is 3.85. The average molecular weight is 540 g/mol. The van der Waals surface area contributed by atoms with Crippen LogP contribution in [-0.2, 0) is 6.54 Å². The summed E-state index contributed by atoms with van der Waals surface area (Å²) < 4.78 is 1.02. The number of benzene rings is 1. The molecule has 0 spiro atoms. The van der Waals surface area contributed by atoms with E-state index in [1.807, 2.05) is 36.7 Å². The van der Waals surface area contributed by atoms with E-state index in [-0.39, 0.29) is 12.1 Å². The first-order valence-electron chi connectivity index (χ1n) is 12.6. The van der Waals surface area contributed by atoms with Crippen LogP contribution in [0.2, 0.25) is 0 Å². The third-order valence-electron chi connectivity index (χ3n) is 6.42. The maximum absolute atomic E-state index is 9.91. The minimum Gasteiger partial charge on any atom is -0.393 e. The van der Waals surface area contributed by atoms with E-state index in [0.717, 1.165) is 79.0 Å². The monoisotopic (exact) mass is 538 g/mol. The van der Waals surface area contributed by atoms with Gasteiger partial charge in [-0.05, 0) is 81.1 Å². The molecule has 1 saturated carbocycles. The highest BCUT2D eigenvalue weighted by Crippen LogP contribution is 2.30. The Morgan fingerprint density at radius 2 is 1.77 bits per heavy atom. The Labute approximate surface area is 216 Å². The zero-order chi connectivity index (χ0) is 24.6. The van der Waals surface area contributed by atoms with Crippen molar-refractivity contribution < 1.29 is 5.11 Å². The molecule has 186 valence electrons. The molecule has 0 atom stereocenters. The van der Waals surface area contributed by atoms with Crippen LogP contribution >= 0.6 is 15.9 Å². The Morgan fingerprint density at radius 3 is 2.43 bits per heavy atom. The number of halogens is 1. The van der Waals surface area contributed by atoms with Crippen molar-refractivity contribution in [1.29, 1.82) is 0 Å². The predicted octanol–water partition coefficient (Wildman–Crippen LogP) is 5.99. The van der Waals surface area contributed by atoms with E-state index in [1.165, 1.54) is 5.56 Å². The fourth-order valence-corrected chi connectivity index (χ4v) is 4.68. The van der Waals surface area contributed by atoms with Gasteiger partial charge in [-0.1, -0.05) is 35.8 Å². The van der Waals surface area contributed by atoms with Crippen molar-refractivity contribution in [3.05, 3.63) is 58.8 Å². The molecule has 1 fully saturated rings. The van der Waals surface area contributed by atoms with E-state index in [2.05, 4.69) is 62.4 Å². The van der Waals surface area contributed by atoms with Gasteiger partial charge in [0.25, 0.3) is 0 Å². The number of pyridine rings is 1. The molecule has 0 unspecified atom stereocenters. The molecule has 3 aromatic rings. The number of hydrogen-bond donors (Lipinski definition) is 3. The van der Waals surface area contributed by atoms with Crippen LogP contribution < -0.4 is 10.6 Å². The lowest BCUT2D eigenvalue weighted by molar-refractivity contribution is 0.126. The molecule has 0 aliphatic heterocycles. The Kier molecular flexibility index (Phi) is 9.06. The number of anilines is 3. The van der Waals surface area contributed by atoms with Gasteiger partial charge in [-0.2, -0.15) is 4.98 Å². The quantitative estimate of drug-likeness (QED) is 0.292. The standard InChI is InChI=1S/C27H35BrN6O/c1-3-15-34(4-2)18-19-5-14-25(29-16-19)24-17-30-27(32-22-8-6-20(28)7-9-22)33-26(24)31-21-10-12-23(35)13-11-21/h5-9,14,16-17,21,23,35H,3-4,10-13,15,18H2,1-2H3,(H2,30,31,32,33)/t21-,23-. The second kappa shape index (κ2) is 12.4. The molecule has 0 radical (unpaired) electrons. The van der Waals surface area contributed by atoms with Crippen molar-refractivity contribution in [2.75, 3.05) is 23.7 Å². The van der Waals surface area contributed by atoms with Crippen LogP contribution in [0.25, 0.3) is 11.3 Å². The van der Waals surface area contributed by atoms with Gasteiger partial charge in [0.2, 0.25) is 5.95 Å². The zero-order valence-electron chi connectivity index (χ0n) is 20.5. The summed E-state index contributed by atoms with van der Waals surface area (Å²) in [6, 6.07) is 12.4. The summed E-state index contributed by atoms with van der Waals surface area (Å²) in [6.07, 6.45) is 8.19. The van der Waals surface area contributed by atoms with Crippen molar-refractivity contribution in [3.8, 4) is 11.3 Å². The minimum atomic E-state index is -0.197. The van der Waals surface area contributed by atoms with Crippen molar-refractivity contribution in [2.45, 2.75) is 64.6 Å². The van der Waals surface area contributed by atoms with Gasteiger partial charge in [0.15, 0.2) is 0 Å². The minimum absolute atomic E-state index is 0.197. The summed E-state index contributed by atoms with van der Waals surface area (Å²) >= 11 is 3.47. The second-order valence-corrected chi connectivity index (χ2v) is 10.1. The summed E-state index contributed by atoms with van der Waals surface area (Å²) in [5.74, 6) is 1.30. The Bertz CT molecular complexity index is 1070. The SMILES string of the molecule is CCCN(CC)Cc1ccc(-c2cnc(Nc3ccc(Br)cc3)nc2N[C@H]2CC[C@H](O)CC2)nc1. The van der Waals surface area contributed by atoms with E-state index in [1.54, 1.807) is 0 Å². The lowest BCUT2D eigenvalue weighted by Crippen LogP contribution is -2.29. The first kappa shape index (κ1) is 25.5. The zero-order valence-corrected chi connectivity index (χ0v) is 22.1. The first-order chi connectivity index (χ1) is 17.0. The van der Waals surface area contributed by atoms with Crippen LogP contribution in [0.3, 0.4) is 0 Å². The van der Waals surface area contributed by atoms with Gasteiger partial charge >= 0.3 is 0 Å². The molecular weight excluding hydrogens is 504 g/mol. The van der Waals surface area contributed by atoms with E-state index >= 15 is 0 Å². The Hall–Kier alpha value is -2.55. The highest BCUT2D eigenvalue weighted by atomic mass is 79.9. The topological polar surface area (TPSA) is 86.2 Å². The number of aromatic nitrogens is 3. The van der Waals surface area contributed by atoms with Crippen molar-refractivity contribution in [3.63, 3.8) is 0 Å². The van der Waals surface area contributed by atoms with Gasteiger partial charge in [0, 0.05) is 35.1 Å². The van der Waals surface area contributed by atoms with Crippen LogP contribution in [0.15, 0.2) is 53.3 Å². The molecule has 7 nitrogen and oxygen atoms in total. The van der Waals surface area contributed by atoms with Crippen LogP contribution in [-0.4, -0.2) is 50.2 Å². The third kappa shape index (κ3) is 7.22. The van der Waals surface area contributed by atoms with E-state index < -0.39 is 0 Å². The predicted molar refractivity (Wildman–Crippen MR) is 146 cm³/mol. The number of nitrogens with zero attached hydrogens (tertiary/aromatic N) is 4. The number of rotatable bonds is 10. The molecule has 1 aliphatic carbocycles. The molecule has 0 saturated heterocycles. The molecule has 8 heteroatoms. The third-order valence-corrected chi connectivity index (χ3v) is 6.95. The molecule has 2 heterocycles. The summed E-state index contributed by atoms with van der Waals surface area (Å²) in [6.45, 7) is 7.42. The smallest absolute Gasteiger partial charge is 0.229 e. The average Bonchev–Trinajstić information content (AvgIpc) is 2.87. The summed E-state index contributed by atoms with van der Waals surface area (Å²) in [7, 11) is 0. The van der Waals surface area contributed by atoms with Crippen LogP contribution in [0.1, 0.15) is 51.5 Å². The van der Waals surface area contributed by atoms with Crippen LogP contribution in [0.4, 0.5) is 17.5 Å². The van der Waals surface area contributed by atoms with Crippen molar-refractivity contribution in [2.24, 2.45) is 0 Å². The number of aliphatic hydroxyl groups is 1. The molecular formula is C27H35BrN6O. The highest BCUT2D eigenvalue weighted by Gasteiger charge is 2.21. The normalized spacial score (nSPS) is 18.0. The maximum Gasteiger partial charge on any atom is 0.229 e. The molecule has 3 N–H and O–H groups in total. The first-order valence-corrected chi connectivity index (χ1v) is 13.3. The van der Waals surface area contributed by atoms with Gasteiger partial charge in [-0.3, -0.25) is 9.88 Å². The molecule has 1 aliphatic rings.